The van der Waals surface area contributed by atoms with Gasteiger partial charge in [-0.05, 0) is 12.0 Å². The smallest absolute Gasteiger partial charge is 0.101 e. The van der Waals surface area contributed by atoms with Gasteiger partial charge in [0, 0.05) is 11.8 Å². The molecule has 1 atom stereocenters. The third-order valence-corrected chi connectivity index (χ3v) is 2.15. The zero-order valence-electron chi connectivity index (χ0n) is 4.98. The Balaban J connectivity index is 2.51. The minimum Gasteiger partial charge on any atom is -0.212 e. The van der Waals surface area contributed by atoms with E-state index in [2.05, 4.69) is 15.9 Å². The summed E-state index contributed by atoms with van der Waals surface area (Å²) >= 11 is 3.29. The minimum atomic E-state index is -0.0121. The predicted molar refractivity (Wildman–Crippen MR) is 40.2 cm³/mol. The summed E-state index contributed by atoms with van der Waals surface area (Å²) in [6, 6.07) is 0. The van der Waals surface area contributed by atoms with Crippen molar-refractivity contribution in [2.24, 2.45) is 5.92 Å². The van der Waals surface area contributed by atoms with Crippen molar-refractivity contribution in [2.75, 3.05) is 5.33 Å². The first-order valence-corrected chi connectivity index (χ1v) is 4.04. The van der Waals surface area contributed by atoms with E-state index in [9.17, 15) is 4.39 Å². The highest BCUT2D eigenvalue weighted by Crippen LogP contribution is 2.20. The fourth-order valence-corrected chi connectivity index (χ4v) is 1.25. The Hall–Kier alpha value is -0.110. The molecule has 0 saturated carbocycles. The van der Waals surface area contributed by atoms with Gasteiger partial charge < -0.3 is 0 Å². The standard InChI is InChI=1S/C7H8BrF/c8-5-6-2-1-3-7(9)4-6/h1-3,6H,4-5H2. The summed E-state index contributed by atoms with van der Waals surface area (Å²) < 4.78 is 12.4. The first kappa shape index (κ1) is 7.00. The summed E-state index contributed by atoms with van der Waals surface area (Å²) in [5.41, 5.74) is 0. The highest BCUT2D eigenvalue weighted by molar-refractivity contribution is 9.09. The summed E-state index contributed by atoms with van der Waals surface area (Å²) in [7, 11) is 0. The Kier molecular flexibility index (Phi) is 2.46. The third kappa shape index (κ3) is 1.94. The molecule has 0 aromatic heterocycles. The van der Waals surface area contributed by atoms with Crippen LogP contribution in [0.5, 0.6) is 0 Å². The number of halogens is 2. The highest BCUT2D eigenvalue weighted by atomic mass is 79.9. The maximum absolute atomic E-state index is 12.4. The Bertz CT molecular complexity index is 149. The fourth-order valence-electron chi connectivity index (χ4n) is 0.810. The molecule has 0 spiro atoms. The molecule has 2 heteroatoms. The third-order valence-electron chi connectivity index (χ3n) is 1.32. The lowest BCUT2D eigenvalue weighted by Gasteiger charge is -2.09. The number of hydrogen-bond donors (Lipinski definition) is 0. The zero-order valence-corrected chi connectivity index (χ0v) is 6.57. The van der Waals surface area contributed by atoms with Gasteiger partial charge in [-0.2, -0.15) is 0 Å². The van der Waals surface area contributed by atoms with Crippen molar-refractivity contribution >= 4 is 15.9 Å². The summed E-state index contributed by atoms with van der Waals surface area (Å²) in [6.45, 7) is 0. The van der Waals surface area contributed by atoms with Gasteiger partial charge in [0.2, 0.25) is 0 Å². The van der Waals surface area contributed by atoms with E-state index in [4.69, 9.17) is 0 Å². The molecule has 50 valence electrons. The Labute approximate surface area is 62.6 Å². The van der Waals surface area contributed by atoms with Gasteiger partial charge in [0.1, 0.15) is 5.83 Å². The quantitative estimate of drug-likeness (QED) is 0.559. The molecule has 1 unspecified atom stereocenters. The Morgan fingerprint density at radius 1 is 1.78 bits per heavy atom. The molecule has 0 N–H and O–H groups in total. The molecule has 0 saturated heterocycles. The van der Waals surface area contributed by atoms with E-state index < -0.39 is 0 Å². The van der Waals surface area contributed by atoms with Gasteiger partial charge in [-0.1, -0.05) is 28.1 Å². The second-order valence-corrected chi connectivity index (χ2v) is 2.76. The molecule has 0 fully saturated rings. The number of allylic oxidation sites excluding steroid dienone is 4. The monoisotopic (exact) mass is 190 g/mol. The first-order chi connectivity index (χ1) is 4.33. The minimum absolute atomic E-state index is 0.0121. The Morgan fingerprint density at radius 3 is 3.00 bits per heavy atom. The second-order valence-electron chi connectivity index (χ2n) is 2.12. The summed E-state index contributed by atoms with van der Waals surface area (Å²) in [5.74, 6) is 0.344. The molecule has 0 radical (unpaired) electrons. The van der Waals surface area contributed by atoms with Crippen LogP contribution in [-0.2, 0) is 0 Å². The van der Waals surface area contributed by atoms with Crippen LogP contribution in [0.2, 0.25) is 0 Å². The SMILES string of the molecule is FC1=CC=CC(CBr)C1. The maximum atomic E-state index is 12.4. The fraction of sp³-hybridized carbons (Fsp3) is 0.429. The van der Waals surface area contributed by atoms with Crippen LogP contribution in [0.25, 0.3) is 0 Å². The van der Waals surface area contributed by atoms with Gasteiger partial charge in [0.05, 0.1) is 0 Å². The van der Waals surface area contributed by atoms with Crippen molar-refractivity contribution in [1.29, 1.82) is 0 Å². The molecule has 0 aromatic rings. The van der Waals surface area contributed by atoms with Gasteiger partial charge in [-0.3, -0.25) is 0 Å². The van der Waals surface area contributed by atoms with Crippen molar-refractivity contribution in [3.8, 4) is 0 Å². The maximum Gasteiger partial charge on any atom is 0.101 e. The number of alkyl halides is 1. The largest absolute Gasteiger partial charge is 0.212 e. The molecule has 0 heterocycles. The van der Waals surface area contributed by atoms with Gasteiger partial charge in [0.15, 0.2) is 0 Å². The van der Waals surface area contributed by atoms with E-state index in [0.29, 0.717) is 12.3 Å². The van der Waals surface area contributed by atoms with E-state index in [0.717, 1.165) is 5.33 Å². The molecule has 0 aliphatic heterocycles. The lowest BCUT2D eigenvalue weighted by molar-refractivity contribution is 0.540. The van der Waals surface area contributed by atoms with Crippen LogP contribution in [0.1, 0.15) is 6.42 Å². The summed E-state index contributed by atoms with van der Waals surface area (Å²) in [5, 5.41) is 0.852. The lowest BCUT2D eigenvalue weighted by atomic mass is 10.0. The van der Waals surface area contributed by atoms with E-state index >= 15 is 0 Å². The topological polar surface area (TPSA) is 0 Å². The molecule has 0 amide bonds. The van der Waals surface area contributed by atoms with Crippen LogP contribution in [0.4, 0.5) is 4.39 Å². The number of hydrogen-bond acceptors (Lipinski definition) is 0. The van der Waals surface area contributed by atoms with E-state index in [1.54, 1.807) is 6.08 Å². The average molecular weight is 191 g/mol. The van der Waals surface area contributed by atoms with Gasteiger partial charge >= 0.3 is 0 Å². The molecule has 1 rings (SSSR count). The normalized spacial score (nSPS) is 26.0. The van der Waals surface area contributed by atoms with E-state index in [1.165, 1.54) is 6.08 Å². The summed E-state index contributed by atoms with van der Waals surface area (Å²) in [4.78, 5) is 0. The Morgan fingerprint density at radius 2 is 2.56 bits per heavy atom. The molecule has 0 aromatic carbocycles. The van der Waals surface area contributed by atoms with Crippen molar-refractivity contribution in [1.82, 2.24) is 0 Å². The average Bonchev–Trinajstić information content (AvgIpc) is 1.88. The van der Waals surface area contributed by atoms with Crippen LogP contribution in [0, 0.1) is 5.92 Å². The summed E-state index contributed by atoms with van der Waals surface area (Å²) in [6.07, 6.45) is 5.85. The zero-order chi connectivity index (χ0) is 6.69. The van der Waals surface area contributed by atoms with Crippen LogP contribution >= 0.6 is 15.9 Å². The van der Waals surface area contributed by atoms with Crippen molar-refractivity contribution in [3.63, 3.8) is 0 Å². The molecule has 1 aliphatic carbocycles. The first-order valence-electron chi connectivity index (χ1n) is 2.91. The molecule has 9 heavy (non-hydrogen) atoms. The molecular weight excluding hydrogens is 183 g/mol. The predicted octanol–water partition coefficient (Wildman–Crippen LogP) is 2.81. The molecule has 0 bridgehead atoms. The van der Waals surface area contributed by atoms with Gasteiger partial charge in [-0.25, -0.2) is 4.39 Å². The van der Waals surface area contributed by atoms with Gasteiger partial charge in [0.25, 0.3) is 0 Å². The van der Waals surface area contributed by atoms with Gasteiger partial charge in [-0.15, -0.1) is 0 Å². The highest BCUT2D eigenvalue weighted by Gasteiger charge is 2.08. The van der Waals surface area contributed by atoms with Crippen LogP contribution < -0.4 is 0 Å². The second kappa shape index (κ2) is 3.16. The van der Waals surface area contributed by atoms with Crippen LogP contribution in [0.3, 0.4) is 0 Å². The van der Waals surface area contributed by atoms with Crippen LogP contribution in [0.15, 0.2) is 24.1 Å². The van der Waals surface area contributed by atoms with Crippen molar-refractivity contribution < 1.29 is 4.39 Å². The van der Waals surface area contributed by atoms with Crippen molar-refractivity contribution in [3.05, 3.63) is 24.1 Å². The van der Waals surface area contributed by atoms with Crippen LogP contribution in [-0.4, -0.2) is 5.33 Å². The number of rotatable bonds is 1. The molecular formula is C7H8BrF. The van der Waals surface area contributed by atoms with E-state index in [1.807, 2.05) is 6.08 Å². The van der Waals surface area contributed by atoms with E-state index in [-0.39, 0.29) is 5.83 Å². The molecule has 1 aliphatic rings. The lowest BCUT2D eigenvalue weighted by Crippen LogP contribution is -2.00. The molecule has 0 nitrogen and oxygen atoms in total. The van der Waals surface area contributed by atoms with Crippen molar-refractivity contribution in [2.45, 2.75) is 6.42 Å².